The first-order valence-corrected chi connectivity index (χ1v) is 20.0. The average Bonchev–Trinajstić information content (AvgIpc) is 3.28. The van der Waals surface area contributed by atoms with E-state index in [2.05, 4.69) is 226 Å². The highest BCUT2D eigenvalue weighted by molar-refractivity contribution is 6.21. The van der Waals surface area contributed by atoms with Crippen LogP contribution < -0.4 is 0 Å². The first-order chi connectivity index (χ1) is 28.1. The van der Waals surface area contributed by atoms with Gasteiger partial charge in [-0.25, -0.2) is 0 Å². The van der Waals surface area contributed by atoms with Gasteiger partial charge in [-0.05, 0) is 123 Å². The van der Waals surface area contributed by atoms with Gasteiger partial charge in [0.1, 0.15) is 0 Å². The van der Waals surface area contributed by atoms with Gasteiger partial charge in [-0.2, -0.15) is 0 Å². The molecule has 0 spiro atoms. The lowest BCUT2D eigenvalue weighted by Gasteiger charge is -2.20. The molecule has 10 aromatic rings. The Labute approximate surface area is 335 Å². The molecule has 0 heterocycles. The number of benzene rings is 10. The van der Waals surface area contributed by atoms with Crippen molar-refractivity contribution in [3.8, 4) is 66.8 Å². The Bertz CT molecular complexity index is 3010. The molecule has 0 fully saturated rings. The third-order valence-electron chi connectivity index (χ3n) is 11.7. The van der Waals surface area contributed by atoms with Crippen LogP contribution in [0.4, 0.5) is 0 Å². The van der Waals surface area contributed by atoms with Crippen molar-refractivity contribution in [2.24, 2.45) is 0 Å². The monoisotopic (exact) mass is 726 g/mol. The number of hydrogen-bond acceptors (Lipinski definition) is 0. The Balaban J connectivity index is 1.12. The lowest BCUT2D eigenvalue weighted by molar-refractivity contribution is 0.867. The topological polar surface area (TPSA) is 0 Å². The van der Waals surface area contributed by atoms with Crippen LogP contribution in [0.1, 0.15) is 25.3 Å². The number of rotatable bonds is 7. The lowest BCUT2D eigenvalue weighted by Crippen LogP contribution is -1.93. The number of fused-ring (bicyclic) bond motifs is 3. The highest BCUT2D eigenvalue weighted by Gasteiger charge is 2.19. The molecule has 0 saturated heterocycles. The van der Waals surface area contributed by atoms with E-state index in [1.165, 1.54) is 105 Å². The van der Waals surface area contributed by atoms with E-state index in [0.717, 1.165) is 0 Å². The van der Waals surface area contributed by atoms with Crippen LogP contribution in [-0.4, -0.2) is 0 Å². The molecule has 57 heavy (non-hydrogen) atoms. The van der Waals surface area contributed by atoms with Crippen LogP contribution in [0.3, 0.4) is 0 Å². The van der Waals surface area contributed by atoms with E-state index in [-0.39, 0.29) is 0 Å². The second-order valence-electron chi connectivity index (χ2n) is 15.4. The summed E-state index contributed by atoms with van der Waals surface area (Å²) in [5.74, 6) is 0.456. The van der Waals surface area contributed by atoms with Crippen molar-refractivity contribution >= 4 is 32.3 Å². The number of hydrogen-bond donors (Lipinski definition) is 0. The minimum Gasteiger partial charge on any atom is -0.0622 e. The van der Waals surface area contributed by atoms with E-state index in [9.17, 15) is 0 Å². The summed E-state index contributed by atoms with van der Waals surface area (Å²) in [7, 11) is 0. The van der Waals surface area contributed by atoms with Gasteiger partial charge in [-0.1, -0.05) is 214 Å². The largest absolute Gasteiger partial charge is 0.0622 e. The van der Waals surface area contributed by atoms with E-state index < -0.39 is 0 Å². The summed E-state index contributed by atoms with van der Waals surface area (Å²) >= 11 is 0. The predicted octanol–water partition coefficient (Wildman–Crippen LogP) is 16.3. The van der Waals surface area contributed by atoms with Crippen molar-refractivity contribution in [1.82, 2.24) is 0 Å². The standard InChI is InChI=1S/C57H42/c1-38(2)43-19-12-22-46(35-43)56-51-24-8-10-26-53(51)57(54-27-11-9-25-52(54)56)47-33-34-50(40-15-4-3-5-16-40)55(37-47)42-31-29-39(30-32-42)44-20-13-21-45(36-44)49-28-14-18-41-17-6-7-23-48(41)49/h3-38H,1-2H3. The molecule has 0 aliphatic rings. The van der Waals surface area contributed by atoms with E-state index >= 15 is 0 Å². The molecular formula is C57H42. The third kappa shape index (κ3) is 6.30. The molecule has 270 valence electrons. The Morgan fingerprint density at radius 2 is 0.737 bits per heavy atom. The maximum atomic E-state index is 2.42. The first-order valence-electron chi connectivity index (χ1n) is 20.0. The molecule has 0 amide bonds. The molecule has 0 unspecified atom stereocenters. The fourth-order valence-electron chi connectivity index (χ4n) is 8.80. The van der Waals surface area contributed by atoms with Crippen LogP contribution in [0.5, 0.6) is 0 Å². The molecule has 0 saturated carbocycles. The van der Waals surface area contributed by atoms with Gasteiger partial charge in [0.25, 0.3) is 0 Å². The molecule has 0 bridgehead atoms. The summed E-state index contributed by atoms with van der Waals surface area (Å²) in [4.78, 5) is 0. The van der Waals surface area contributed by atoms with Crippen molar-refractivity contribution in [2.45, 2.75) is 19.8 Å². The highest BCUT2D eigenvalue weighted by atomic mass is 14.2. The quantitative estimate of drug-likeness (QED) is 0.143. The van der Waals surface area contributed by atoms with Crippen LogP contribution in [0.15, 0.2) is 212 Å². The maximum Gasteiger partial charge on any atom is -0.00261 e. The molecule has 10 aromatic carbocycles. The van der Waals surface area contributed by atoms with E-state index in [1.54, 1.807) is 0 Å². The van der Waals surface area contributed by atoms with Gasteiger partial charge >= 0.3 is 0 Å². The zero-order valence-electron chi connectivity index (χ0n) is 32.3. The molecule has 0 atom stereocenters. The Kier molecular flexibility index (Phi) is 8.81. The van der Waals surface area contributed by atoms with Crippen LogP contribution in [0.25, 0.3) is 99.1 Å². The van der Waals surface area contributed by atoms with Crippen LogP contribution in [-0.2, 0) is 0 Å². The molecule has 10 rings (SSSR count). The van der Waals surface area contributed by atoms with E-state index in [1.807, 2.05) is 0 Å². The minimum absolute atomic E-state index is 0.456. The van der Waals surface area contributed by atoms with Crippen LogP contribution in [0, 0.1) is 0 Å². The second kappa shape index (κ2) is 14.6. The predicted molar refractivity (Wildman–Crippen MR) is 246 cm³/mol. The van der Waals surface area contributed by atoms with Gasteiger partial charge in [-0.3, -0.25) is 0 Å². The Morgan fingerprint density at radius 1 is 0.263 bits per heavy atom. The van der Waals surface area contributed by atoms with Gasteiger partial charge < -0.3 is 0 Å². The van der Waals surface area contributed by atoms with Crippen molar-refractivity contribution in [3.05, 3.63) is 218 Å². The highest BCUT2D eigenvalue weighted by Crippen LogP contribution is 2.46. The third-order valence-corrected chi connectivity index (χ3v) is 11.7. The normalized spacial score (nSPS) is 11.5. The van der Waals surface area contributed by atoms with Crippen molar-refractivity contribution < 1.29 is 0 Å². The van der Waals surface area contributed by atoms with E-state index in [4.69, 9.17) is 0 Å². The zero-order valence-corrected chi connectivity index (χ0v) is 32.3. The van der Waals surface area contributed by atoms with Crippen molar-refractivity contribution in [1.29, 1.82) is 0 Å². The fourth-order valence-corrected chi connectivity index (χ4v) is 8.80. The van der Waals surface area contributed by atoms with Gasteiger partial charge in [0.05, 0.1) is 0 Å². The zero-order chi connectivity index (χ0) is 38.3. The Hall–Kier alpha value is -7.02. The van der Waals surface area contributed by atoms with Gasteiger partial charge in [0.2, 0.25) is 0 Å². The summed E-state index contributed by atoms with van der Waals surface area (Å²) in [6.45, 7) is 4.54. The molecular weight excluding hydrogens is 685 g/mol. The van der Waals surface area contributed by atoms with Crippen molar-refractivity contribution in [3.63, 3.8) is 0 Å². The summed E-state index contributed by atoms with van der Waals surface area (Å²) in [5, 5.41) is 7.61. The molecule has 0 radical (unpaired) electrons. The van der Waals surface area contributed by atoms with Gasteiger partial charge in [0.15, 0.2) is 0 Å². The molecule has 0 aliphatic heterocycles. The van der Waals surface area contributed by atoms with Crippen LogP contribution in [0.2, 0.25) is 0 Å². The van der Waals surface area contributed by atoms with Gasteiger partial charge in [0, 0.05) is 0 Å². The molecule has 0 aromatic heterocycles. The van der Waals surface area contributed by atoms with E-state index in [0.29, 0.717) is 5.92 Å². The maximum absolute atomic E-state index is 2.42. The van der Waals surface area contributed by atoms with Gasteiger partial charge in [-0.15, -0.1) is 0 Å². The summed E-state index contributed by atoms with van der Waals surface area (Å²) < 4.78 is 0. The summed E-state index contributed by atoms with van der Waals surface area (Å²) in [6, 6.07) is 78.2. The Morgan fingerprint density at radius 3 is 1.42 bits per heavy atom. The van der Waals surface area contributed by atoms with Crippen LogP contribution >= 0.6 is 0 Å². The lowest BCUT2D eigenvalue weighted by atomic mass is 9.83. The summed E-state index contributed by atoms with van der Waals surface area (Å²) in [5.41, 5.74) is 16.1. The summed E-state index contributed by atoms with van der Waals surface area (Å²) in [6.07, 6.45) is 0. The fraction of sp³-hybridized carbons (Fsp3) is 0.0526. The molecule has 0 nitrogen and oxygen atoms in total. The first kappa shape index (κ1) is 34.5. The smallest absolute Gasteiger partial charge is 0.00261 e. The molecule has 0 heteroatoms. The SMILES string of the molecule is CC(C)c1cccc(-c2c3ccccc3c(-c3ccc(-c4ccccc4)c(-c4ccc(-c5cccc(-c6cccc7ccccc67)c5)cc4)c3)c3ccccc23)c1. The molecule has 0 N–H and O–H groups in total. The second-order valence-corrected chi connectivity index (χ2v) is 15.4. The molecule has 0 aliphatic carbocycles. The minimum atomic E-state index is 0.456. The average molecular weight is 727 g/mol. The van der Waals surface area contributed by atoms with Crippen molar-refractivity contribution in [2.75, 3.05) is 0 Å².